The molecule has 0 fully saturated rings. The van der Waals surface area contributed by atoms with Gasteiger partial charge in [0.1, 0.15) is 6.42 Å². The van der Waals surface area contributed by atoms with Crippen molar-refractivity contribution >= 4 is 5.91 Å². The highest BCUT2D eigenvalue weighted by Crippen LogP contribution is 2.38. The molecule has 1 aliphatic rings. The maximum Gasteiger partial charge on any atom is 0.234 e. The summed E-state index contributed by atoms with van der Waals surface area (Å²) in [7, 11) is 0. The molecule has 0 atom stereocenters. The van der Waals surface area contributed by atoms with E-state index in [2.05, 4.69) is 5.32 Å². The van der Waals surface area contributed by atoms with E-state index in [0.717, 1.165) is 16.9 Å². The van der Waals surface area contributed by atoms with Crippen molar-refractivity contribution in [2.45, 2.75) is 32.7 Å². The molecule has 1 aromatic carbocycles. The molecular weight excluding hydrogens is 244 g/mol. The van der Waals surface area contributed by atoms with Crippen LogP contribution in [0.1, 0.15) is 31.4 Å². The van der Waals surface area contributed by atoms with Crippen LogP contribution in [0.5, 0.6) is 11.5 Å². The monoisotopic (exact) mass is 260 g/mol. The smallest absolute Gasteiger partial charge is 0.234 e. The highest BCUT2D eigenvalue weighted by molar-refractivity contribution is 5.79. The number of carbonyl (C=O) groups is 1. The molecule has 1 aromatic rings. The van der Waals surface area contributed by atoms with Crippen molar-refractivity contribution < 1.29 is 14.3 Å². The van der Waals surface area contributed by atoms with Crippen molar-refractivity contribution in [1.29, 1.82) is 5.26 Å². The second-order valence-electron chi connectivity index (χ2n) is 5.03. The van der Waals surface area contributed by atoms with Gasteiger partial charge in [-0.05, 0) is 44.0 Å². The van der Waals surface area contributed by atoms with Crippen molar-refractivity contribution in [2.24, 2.45) is 0 Å². The zero-order valence-corrected chi connectivity index (χ0v) is 11.2. The van der Waals surface area contributed by atoms with Crippen LogP contribution in [-0.4, -0.2) is 12.7 Å². The second-order valence-corrected chi connectivity index (χ2v) is 5.03. The molecule has 1 N–H and O–H groups in total. The van der Waals surface area contributed by atoms with Gasteiger partial charge in [0.05, 0.1) is 11.6 Å². The summed E-state index contributed by atoms with van der Waals surface area (Å²) in [5, 5.41) is 11.4. The number of hydrogen-bond acceptors (Lipinski definition) is 4. The third-order valence-electron chi connectivity index (χ3n) is 3.08. The molecule has 0 unspecified atom stereocenters. The summed E-state index contributed by atoms with van der Waals surface area (Å²) >= 11 is 0. The first-order chi connectivity index (χ1) is 8.94. The molecule has 0 spiro atoms. The van der Waals surface area contributed by atoms with E-state index in [1.165, 1.54) is 0 Å². The minimum atomic E-state index is -0.570. The van der Waals surface area contributed by atoms with Gasteiger partial charge in [-0.25, -0.2) is 0 Å². The van der Waals surface area contributed by atoms with Crippen molar-refractivity contribution in [3.05, 3.63) is 23.3 Å². The Hall–Kier alpha value is -2.22. The predicted molar refractivity (Wildman–Crippen MR) is 68.7 cm³/mol. The van der Waals surface area contributed by atoms with Gasteiger partial charge in [0.15, 0.2) is 11.5 Å². The van der Waals surface area contributed by atoms with E-state index >= 15 is 0 Å². The minimum absolute atomic E-state index is 0.146. The second kappa shape index (κ2) is 4.81. The van der Waals surface area contributed by atoms with Crippen LogP contribution >= 0.6 is 0 Å². The maximum atomic E-state index is 11.6. The Morgan fingerprint density at radius 1 is 1.42 bits per heavy atom. The zero-order chi connectivity index (χ0) is 14.0. The van der Waals surface area contributed by atoms with E-state index in [1.807, 2.05) is 39.0 Å². The average molecular weight is 260 g/mol. The van der Waals surface area contributed by atoms with Gasteiger partial charge in [0.25, 0.3) is 0 Å². The molecule has 1 aliphatic heterocycles. The van der Waals surface area contributed by atoms with E-state index < -0.39 is 5.54 Å². The fraction of sp³-hybridized carbons (Fsp3) is 0.429. The maximum absolute atomic E-state index is 11.6. The summed E-state index contributed by atoms with van der Waals surface area (Å²) in [6, 6.07) is 5.62. The van der Waals surface area contributed by atoms with Gasteiger partial charge in [-0.1, -0.05) is 0 Å². The number of ether oxygens (including phenoxy) is 2. The molecule has 0 bridgehead atoms. The minimum Gasteiger partial charge on any atom is -0.454 e. The van der Waals surface area contributed by atoms with Gasteiger partial charge in [-0.2, -0.15) is 5.26 Å². The van der Waals surface area contributed by atoms with Crippen LogP contribution in [-0.2, 0) is 10.3 Å². The van der Waals surface area contributed by atoms with E-state index in [4.69, 9.17) is 14.7 Å². The molecule has 0 aliphatic carbocycles. The summed E-state index contributed by atoms with van der Waals surface area (Å²) in [6.07, 6.45) is -0.146. The van der Waals surface area contributed by atoms with Crippen LogP contribution in [0.4, 0.5) is 0 Å². The first-order valence-electron chi connectivity index (χ1n) is 6.03. The number of aryl methyl sites for hydroxylation is 1. The average Bonchev–Trinajstić information content (AvgIpc) is 2.74. The standard InChI is InChI=1S/C14H16N2O3/c1-9-6-11-12(19-8-18-11)7-10(9)14(2,3)16-13(17)4-5-15/h6-7H,4,8H2,1-3H3,(H,16,17). The Balaban J connectivity index is 2.30. The fourth-order valence-corrected chi connectivity index (χ4v) is 2.25. The first kappa shape index (κ1) is 13.2. The Kier molecular flexibility index (Phi) is 3.34. The molecule has 0 radical (unpaired) electrons. The fourth-order valence-electron chi connectivity index (χ4n) is 2.25. The van der Waals surface area contributed by atoms with Crippen molar-refractivity contribution in [1.82, 2.24) is 5.32 Å². The number of nitriles is 1. The van der Waals surface area contributed by atoms with Crippen LogP contribution in [0.3, 0.4) is 0 Å². The largest absolute Gasteiger partial charge is 0.454 e. The van der Waals surface area contributed by atoms with E-state index in [1.54, 1.807) is 0 Å². The Morgan fingerprint density at radius 2 is 2.05 bits per heavy atom. The van der Waals surface area contributed by atoms with Crippen LogP contribution in [0, 0.1) is 18.3 Å². The third kappa shape index (κ3) is 2.63. The summed E-state index contributed by atoms with van der Waals surface area (Å²) in [5.41, 5.74) is 1.38. The number of nitrogens with zero attached hydrogens (tertiary/aromatic N) is 1. The summed E-state index contributed by atoms with van der Waals surface area (Å²) in [4.78, 5) is 11.6. The lowest BCUT2D eigenvalue weighted by Gasteiger charge is -2.28. The van der Waals surface area contributed by atoms with Gasteiger partial charge < -0.3 is 14.8 Å². The number of carbonyl (C=O) groups excluding carboxylic acids is 1. The number of hydrogen-bond donors (Lipinski definition) is 1. The highest BCUT2D eigenvalue weighted by Gasteiger charge is 2.27. The third-order valence-corrected chi connectivity index (χ3v) is 3.08. The quantitative estimate of drug-likeness (QED) is 0.902. The SMILES string of the molecule is Cc1cc2c(cc1C(C)(C)NC(=O)CC#N)OCO2. The summed E-state index contributed by atoms with van der Waals surface area (Å²) < 4.78 is 10.7. The van der Waals surface area contributed by atoms with E-state index in [0.29, 0.717) is 5.75 Å². The highest BCUT2D eigenvalue weighted by atomic mass is 16.7. The van der Waals surface area contributed by atoms with Gasteiger partial charge in [-0.3, -0.25) is 4.79 Å². The first-order valence-corrected chi connectivity index (χ1v) is 6.03. The predicted octanol–water partition coefficient (Wildman–Crippen LogP) is 1.99. The molecule has 0 saturated heterocycles. The normalized spacial score (nSPS) is 12.9. The Morgan fingerprint density at radius 3 is 2.68 bits per heavy atom. The molecule has 1 amide bonds. The van der Waals surface area contributed by atoms with E-state index in [9.17, 15) is 4.79 Å². The number of benzene rings is 1. The molecule has 0 aromatic heterocycles. The Labute approximate surface area is 112 Å². The van der Waals surface area contributed by atoms with E-state index in [-0.39, 0.29) is 19.1 Å². The molecule has 100 valence electrons. The zero-order valence-electron chi connectivity index (χ0n) is 11.2. The Bertz CT molecular complexity index is 559. The topological polar surface area (TPSA) is 71.4 Å². The lowest BCUT2D eigenvalue weighted by molar-refractivity contribution is -0.121. The van der Waals surface area contributed by atoms with Crippen LogP contribution in [0.25, 0.3) is 0 Å². The lowest BCUT2D eigenvalue weighted by Crippen LogP contribution is -2.41. The molecule has 5 nitrogen and oxygen atoms in total. The van der Waals surface area contributed by atoms with Gasteiger partial charge in [0, 0.05) is 0 Å². The number of fused-ring (bicyclic) bond motifs is 1. The summed E-state index contributed by atoms with van der Waals surface area (Å²) in [6.45, 7) is 5.97. The molecule has 0 saturated carbocycles. The lowest BCUT2D eigenvalue weighted by atomic mass is 9.89. The number of amides is 1. The summed E-state index contributed by atoms with van der Waals surface area (Å²) in [5.74, 6) is 1.12. The van der Waals surface area contributed by atoms with Gasteiger partial charge in [0.2, 0.25) is 12.7 Å². The van der Waals surface area contributed by atoms with Gasteiger partial charge in [-0.15, -0.1) is 0 Å². The van der Waals surface area contributed by atoms with Gasteiger partial charge >= 0.3 is 0 Å². The van der Waals surface area contributed by atoms with Crippen molar-refractivity contribution in [2.75, 3.05) is 6.79 Å². The van der Waals surface area contributed by atoms with Crippen molar-refractivity contribution in [3.8, 4) is 17.6 Å². The molecule has 5 heteroatoms. The van der Waals surface area contributed by atoms with Crippen LogP contribution in [0.15, 0.2) is 12.1 Å². The van der Waals surface area contributed by atoms with Crippen LogP contribution in [0.2, 0.25) is 0 Å². The molecule has 2 rings (SSSR count). The number of rotatable bonds is 3. The molecule has 1 heterocycles. The molecule has 19 heavy (non-hydrogen) atoms. The molecular formula is C14H16N2O3. The van der Waals surface area contributed by atoms with Crippen LogP contribution < -0.4 is 14.8 Å². The van der Waals surface area contributed by atoms with Crippen molar-refractivity contribution in [3.63, 3.8) is 0 Å². The number of nitrogens with one attached hydrogen (secondary N) is 1.